The number of nitrogens with one attached hydrogen (secondary N) is 2. The van der Waals surface area contributed by atoms with Crippen molar-refractivity contribution in [1.29, 1.82) is 0 Å². The number of hydrogen-bond donors (Lipinski definition) is 2. The van der Waals surface area contributed by atoms with Gasteiger partial charge in [0.05, 0.1) is 10.9 Å². The average molecular weight is 276 g/mol. The highest BCUT2D eigenvalue weighted by Gasteiger charge is 2.16. The Morgan fingerprint density at radius 3 is 3.10 bits per heavy atom. The normalized spacial score (nSPS) is 20.1. The highest BCUT2D eigenvalue weighted by atomic mass is 19.1. The Morgan fingerprint density at radius 2 is 2.25 bits per heavy atom. The number of H-pyrrole nitrogens is 1. The molecule has 0 aliphatic carbocycles. The first-order valence-electron chi connectivity index (χ1n) is 6.81. The number of rotatable bonds is 1. The number of aromatic nitrogens is 2. The van der Waals surface area contributed by atoms with Crippen molar-refractivity contribution < 1.29 is 4.39 Å². The highest BCUT2D eigenvalue weighted by Crippen LogP contribution is 2.14. The Balaban J connectivity index is 2.00. The van der Waals surface area contributed by atoms with Gasteiger partial charge in [-0.1, -0.05) is 0 Å². The summed E-state index contributed by atoms with van der Waals surface area (Å²) in [5, 5.41) is 3.68. The third kappa shape index (κ3) is 2.51. The molecule has 0 spiro atoms. The second kappa shape index (κ2) is 5.20. The quantitative estimate of drug-likeness (QED) is 0.823. The van der Waals surface area contributed by atoms with E-state index in [1.54, 1.807) is 6.07 Å². The first kappa shape index (κ1) is 13.1. The molecular formula is C14H17FN4O. The van der Waals surface area contributed by atoms with E-state index >= 15 is 0 Å². The molecule has 1 atom stereocenters. The first-order chi connectivity index (χ1) is 9.63. The number of aromatic amines is 1. The Hall–Kier alpha value is -1.95. The van der Waals surface area contributed by atoms with Crippen molar-refractivity contribution in [3.63, 3.8) is 0 Å². The number of benzene rings is 1. The average Bonchev–Trinajstić information content (AvgIpc) is 2.64. The van der Waals surface area contributed by atoms with Crippen LogP contribution in [0.3, 0.4) is 0 Å². The van der Waals surface area contributed by atoms with Crippen LogP contribution in [0.2, 0.25) is 0 Å². The topological polar surface area (TPSA) is 61.0 Å². The summed E-state index contributed by atoms with van der Waals surface area (Å²) >= 11 is 0. The monoisotopic (exact) mass is 276 g/mol. The van der Waals surface area contributed by atoms with Crippen molar-refractivity contribution >= 4 is 16.9 Å². The minimum absolute atomic E-state index is 0.287. The second-order valence-corrected chi connectivity index (χ2v) is 5.18. The Bertz CT molecular complexity index is 684. The van der Waals surface area contributed by atoms with Crippen LogP contribution >= 0.6 is 0 Å². The zero-order chi connectivity index (χ0) is 14.1. The van der Waals surface area contributed by atoms with Crippen molar-refractivity contribution in [1.82, 2.24) is 15.3 Å². The van der Waals surface area contributed by atoms with Gasteiger partial charge in [0.2, 0.25) is 5.95 Å². The number of fused-ring (bicyclic) bond motifs is 1. The third-order valence-electron chi connectivity index (χ3n) is 3.66. The molecule has 1 saturated heterocycles. The lowest BCUT2D eigenvalue weighted by Gasteiger charge is -2.20. The lowest BCUT2D eigenvalue weighted by atomic mass is 10.2. The standard InChI is InChI=1S/C14H17FN4O/c1-9-4-6-19(7-5-16-9)14-17-12-3-2-10(15)8-11(12)13(20)18-14/h2-3,8-9,16H,4-7H2,1H3,(H,17,18,20). The molecule has 2 aromatic rings. The van der Waals surface area contributed by atoms with E-state index in [0.29, 0.717) is 17.5 Å². The molecule has 1 unspecified atom stereocenters. The fourth-order valence-corrected chi connectivity index (χ4v) is 2.47. The Morgan fingerprint density at radius 1 is 1.40 bits per heavy atom. The third-order valence-corrected chi connectivity index (χ3v) is 3.66. The molecule has 0 radical (unpaired) electrons. The molecule has 20 heavy (non-hydrogen) atoms. The predicted octanol–water partition coefficient (Wildman–Crippen LogP) is 1.25. The maximum absolute atomic E-state index is 13.2. The van der Waals surface area contributed by atoms with Gasteiger partial charge in [-0.15, -0.1) is 0 Å². The summed E-state index contributed by atoms with van der Waals surface area (Å²) in [6.45, 7) is 4.62. The number of halogens is 1. The minimum Gasteiger partial charge on any atom is -0.341 e. The maximum atomic E-state index is 13.2. The van der Waals surface area contributed by atoms with E-state index in [2.05, 4.69) is 27.1 Å². The molecular weight excluding hydrogens is 259 g/mol. The van der Waals surface area contributed by atoms with Gasteiger partial charge < -0.3 is 10.2 Å². The molecule has 1 aliphatic heterocycles. The van der Waals surface area contributed by atoms with Crippen molar-refractivity contribution in [3.05, 3.63) is 34.4 Å². The lowest BCUT2D eigenvalue weighted by molar-refractivity contribution is 0.566. The van der Waals surface area contributed by atoms with Crippen LogP contribution in [0, 0.1) is 5.82 Å². The van der Waals surface area contributed by atoms with Gasteiger partial charge in [0.15, 0.2) is 0 Å². The molecule has 1 aliphatic rings. The second-order valence-electron chi connectivity index (χ2n) is 5.18. The van der Waals surface area contributed by atoms with E-state index in [1.165, 1.54) is 12.1 Å². The molecule has 0 bridgehead atoms. The van der Waals surface area contributed by atoms with Gasteiger partial charge >= 0.3 is 0 Å². The SMILES string of the molecule is CC1CCN(c2nc3ccc(F)cc3c(=O)[nH]2)CCN1. The molecule has 0 amide bonds. The first-order valence-corrected chi connectivity index (χ1v) is 6.81. The van der Waals surface area contributed by atoms with Crippen LogP contribution in [-0.4, -0.2) is 35.6 Å². The van der Waals surface area contributed by atoms with E-state index in [-0.39, 0.29) is 10.9 Å². The molecule has 106 valence electrons. The van der Waals surface area contributed by atoms with Crippen LogP contribution in [0.25, 0.3) is 10.9 Å². The zero-order valence-electron chi connectivity index (χ0n) is 11.3. The van der Waals surface area contributed by atoms with E-state index in [1.807, 2.05) is 0 Å². The summed E-state index contributed by atoms with van der Waals surface area (Å²) in [6.07, 6.45) is 0.991. The predicted molar refractivity (Wildman–Crippen MR) is 76.6 cm³/mol. The molecule has 0 saturated carbocycles. The van der Waals surface area contributed by atoms with E-state index < -0.39 is 5.82 Å². The van der Waals surface area contributed by atoms with Gasteiger partial charge in [-0.25, -0.2) is 9.37 Å². The smallest absolute Gasteiger partial charge is 0.260 e. The maximum Gasteiger partial charge on any atom is 0.260 e. The van der Waals surface area contributed by atoms with Crippen LogP contribution in [0.4, 0.5) is 10.3 Å². The van der Waals surface area contributed by atoms with E-state index in [0.717, 1.165) is 26.1 Å². The van der Waals surface area contributed by atoms with Gasteiger partial charge in [0.25, 0.3) is 5.56 Å². The fraction of sp³-hybridized carbons (Fsp3) is 0.429. The molecule has 2 N–H and O–H groups in total. The van der Waals surface area contributed by atoms with Crippen molar-refractivity contribution in [3.8, 4) is 0 Å². The molecule has 2 heterocycles. The number of hydrogen-bond acceptors (Lipinski definition) is 4. The van der Waals surface area contributed by atoms with Crippen LogP contribution < -0.4 is 15.8 Å². The largest absolute Gasteiger partial charge is 0.341 e. The summed E-state index contributed by atoms with van der Waals surface area (Å²) in [5.41, 5.74) is 0.227. The fourth-order valence-electron chi connectivity index (χ4n) is 2.47. The summed E-state index contributed by atoms with van der Waals surface area (Å²) in [7, 11) is 0. The highest BCUT2D eigenvalue weighted by molar-refractivity contribution is 5.78. The Kier molecular flexibility index (Phi) is 3.40. The summed E-state index contributed by atoms with van der Waals surface area (Å²) in [4.78, 5) is 21.3. The van der Waals surface area contributed by atoms with E-state index in [9.17, 15) is 9.18 Å². The van der Waals surface area contributed by atoms with Crippen LogP contribution in [0.5, 0.6) is 0 Å². The van der Waals surface area contributed by atoms with Gasteiger partial charge in [-0.3, -0.25) is 9.78 Å². The molecule has 1 aromatic carbocycles. The molecule has 1 aromatic heterocycles. The number of nitrogens with zero attached hydrogens (tertiary/aromatic N) is 2. The summed E-state index contributed by atoms with van der Waals surface area (Å²) in [5.74, 6) is 0.135. The van der Waals surface area contributed by atoms with Crippen molar-refractivity contribution in [2.45, 2.75) is 19.4 Å². The molecule has 1 fully saturated rings. The van der Waals surface area contributed by atoms with Crippen LogP contribution in [-0.2, 0) is 0 Å². The summed E-state index contributed by atoms with van der Waals surface area (Å²) < 4.78 is 13.2. The lowest BCUT2D eigenvalue weighted by Crippen LogP contribution is -2.31. The van der Waals surface area contributed by atoms with Gasteiger partial charge in [-0.2, -0.15) is 0 Å². The Labute approximate surface area is 115 Å². The van der Waals surface area contributed by atoms with Crippen molar-refractivity contribution in [2.75, 3.05) is 24.5 Å². The van der Waals surface area contributed by atoms with E-state index in [4.69, 9.17) is 0 Å². The molecule has 5 nitrogen and oxygen atoms in total. The van der Waals surface area contributed by atoms with Crippen LogP contribution in [0.15, 0.2) is 23.0 Å². The molecule has 3 rings (SSSR count). The number of anilines is 1. The van der Waals surface area contributed by atoms with Crippen LogP contribution in [0.1, 0.15) is 13.3 Å². The van der Waals surface area contributed by atoms with Crippen molar-refractivity contribution in [2.24, 2.45) is 0 Å². The van der Waals surface area contributed by atoms with Gasteiger partial charge in [0.1, 0.15) is 5.82 Å². The molecule has 6 heteroatoms. The van der Waals surface area contributed by atoms with Gasteiger partial charge in [-0.05, 0) is 31.5 Å². The summed E-state index contributed by atoms with van der Waals surface area (Å²) in [6, 6.07) is 4.55. The van der Waals surface area contributed by atoms with Gasteiger partial charge in [0, 0.05) is 25.7 Å². The minimum atomic E-state index is -0.426. The zero-order valence-corrected chi connectivity index (χ0v) is 11.3.